The Morgan fingerprint density at radius 3 is 2.74 bits per heavy atom. The number of hydrogen-bond acceptors (Lipinski definition) is 3. The van der Waals surface area contributed by atoms with Gasteiger partial charge in [-0.15, -0.1) is 0 Å². The summed E-state index contributed by atoms with van der Waals surface area (Å²) < 4.78 is 7.63. The number of aromatic nitrogens is 2. The summed E-state index contributed by atoms with van der Waals surface area (Å²) in [5.41, 5.74) is 0.633. The summed E-state index contributed by atoms with van der Waals surface area (Å²) in [6.45, 7) is 2.60. The number of aryl methyl sites for hydroxylation is 2. The lowest BCUT2D eigenvalue weighted by atomic mass is 9.80. The first-order valence-electron chi connectivity index (χ1n) is 7.31. The number of Topliss-reactive ketones (excluding diaryl/α,β-unsaturated/α-hetero) is 1. The van der Waals surface area contributed by atoms with E-state index in [4.69, 9.17) is 4.74 Å². The molecule has 0 amide bonds. The number of hydrogen-bond donors (Lipinski definition) is 0. The molecule has 1 heterocycles. The summed E-state index contributed by atoms with van der Waals surface area (Å²) in [7, 11) is 1.90. The van der Waals surface area contributed by atoms with Gasteiger partial charge in [-0.3, -0.25) is 9.48 Å². The average Bonchev–Trinajstić information content (AvgIpc) is 2.83. The second-order valence-electron chi connectivity index (χ2n) is 5.43. The first-order valence-corrected chi connectivity index (χ1v) is 7.31. The van der Waals surface area contributed by atoms with E-state index in [0.29, 0.717) is 13.0 Å². The fourth-order valence-corrected chi connectivity index (χ4v) is 2.99. The van der Waals surface area contributed by atoms with Gasteiger partial charge in [-0.1, -0.05) is 19.3 Å². The van der Waals surface area contributed by atoms with Crippen molar-refractivity contribution in [1.29, 1.82) is 0 Å². The molecule has 0 bridgehead atoms. The van der Waals surface area contributed by atoms with Crippen LogP contribution in [0, 0.1) is 0 Å². The average molecular weight is 264 g/mol. The highest BCUT2D eigenvalue weighted by atomic mass is 16.5. The van der Waals surface area contributed by atoms with Crippen LogP contribution in [0.25, 0.3) is 0 Å². The normalized spacial score (nSPS) is 18.4. The van der Waals surface area contributed by atoms with E-state index < -0.39 is 5.60 Å². The van der Waals surface area contributed by atoms with E-state index in [1.54, 1.807) is 4.68 Å². The molecule has 1 aromatic heterocycles. The minimum atomic E-state index is -0.491. The molecule has 0 atom stereocenters. The van der Waals surface area contributed by atoms with Crippen molar-refractivity contribution < 1.29 is 9.53 Å². The van der Waals surface area contributed by atoms with Gasteiger partial charge >= 0.3 is 0 Å². The van der Waals surface area contributed by atoms with E-state index in [1.165, 1.54) is 6.42 Å². The molecule has 0 aromatic carbocycles. The van der Waals surface area contributed by atoms with Crippen LogP contribution >= 0.6 is 0 Å². The van der Waals surface area contributed by atoms with E-state index in [9.17, 15) is 4.79 Å². The zero-order valence-electron chi connectivity index (χ0n) is 12.0. The van der Waals surface area contributed by atoms with Crippen LogP contribution in [0.1, 0.15) is 51.0 Å². The largest absolute Gasteiger partial charge is 0.368 e. The van der Waals surface area contributed by atoms with Gasteiger partial charge in [0.15, 0.2) is 5.78 Å². The molecule has 1 saturated carbocycles. The highest BCUT2D eigenvalue weighted by Crippen LogP contribution is 2.33. The second-order valence-corrected chi connectivity index (χ2v) is 5.43. The van der Waals surface area contributed by atoms with E-state index >= 15 is 0 Å². The lowest BCUT2D eigenvalue weighted by molar-refractivity contribution is -0.149. The van der Waals surface area contributed by atoms with Crippen molar-refractivity contribution in [3.63, 3.8) is 0 Å². The standard InChI is InChI=1S/C15H24N2O2/c1-3-19-15(9-5-4-6-10-15)14(18)8-7-13-11-16-17(2)12-13/h11-12H,3-10H2,1-2H3. The van der Waals surface area contributed by atoms with Crippen molar-refractivity contribution in [3.05, 3.63) is 18.0 Å². The van der Waals surface area contributed by atoms with Crippen LogP contribution in [-0.2, 0) is 23.0 Å². The fraction of sp³-hybridized carbons (Fsp3) is 0.733. The highest BCUT2D eigenvalue weighted by Gasteiger charge is 2.39. The van der Waals surface area contributed by atoms with Gasteiger partial charge in [-0.25, -0.2) is 0 Å². The van der Waals surface area contributed by atoms with Crippen molar-refractivity contribution in [2.24, 2.45) is 7.05 Å². The van der Waals surface area contributed by atoms with Gasteiger partial charge in [-0.2, -0.15) is 5.10 Å². The SMILES string of the molecule is CCOC1(C(=O)CCc2cnn(C)c2)CCCCC1. The molecule has 2 rings (SSSR count). The van der Waals surface area contributed by atoms with Crippen molar-refractivity contribution in [2.75, 3.05) is 6.61 Å². The van der Waals surface area contributed by atoms with Crippen LogP contribution in [0.2, 0.25) is 0 Å². The van der Waals surface area contributed by atoms with Crippen molar-refractivity contribution in [3.8, 4) is 0 Å². The quantitative estimate of drug-likeness (QED) is 0.793. The molecule has 4 heteroatoms. The van der Waals surface area contributed by atoms with Gasteiger partial charge in [0.2, 0.25) is 0 Å². The third-order valence-corrected chi connectivity index (χ3v) is 3.99. The topological polar surface area (TPSA) is 44.1 Å². The van der Waals surface area contributed by atoms with Crippen LogP contribution in [0.5, 0.6) is 0 Å². The Balaban J connectivity index is 1.95. The van der Waals surface area contributed by atoms with Crippen LogP contribution in [0.15, 0.2) is 12.4 Å². The van der Waals surface area contributed by atoms with E-state index in [2.05, 4.69) is 5.10 Å². The van der Waals surface area contributed by atoms with Gasteiger partial charge in [0, 0.05) is 26.3 Å². The van der Waals surface area contributed by atoms with Crippen LogP contribution < -0.4 is 0 Å². The summed E-state index contributed by atoms with van der Waals surface area (Å²) in [4.78, 5) is 12.5. The van der Waals surface area contributed by atoms with E-state index in [0.717, 1.165) is 37.7 Å². The van der Waals surface area contributed by atoms with Crippen LogP contribution in [-0.4, -0.2) is 27.8 Å². The number of carbonyl (C=O) groups excluding carboxylic acids is 1. The second kappa shape index (κ2) is 6.33. The Labute approximate surface area is 115 Å². The van der Waals surface area contributed by atoms with Crippen molar-refractivity contribution >= 4 is 5.78 Å². The molecule has 0 saturated heterocycles. The predicted molar refractivity (Wildman–Crippen MR) is 74.0 cm³/mol. The number of ketones is 1. The first-order chi connectivity index (χ1) is 9.16. The summed E-state index contributed by atoms with van der Waals surface area (Å²) in [5.74, 6) is 0.276. The molecule has 1 aromatic rings. The molecule has 4 nitrogen and oxygen atoms in total. The summed E-state index contributed by atoms with van der Waals surface area (Å²) >= 11 is 0. The first kappa shape index (κ1) is 14.3. The highest BCUT2D eigenvalue weighted by molar-refractivity contribution is 5.87. The lowest BCUT2D eigenvalue weighted by Crippen LogP contribution is -2.43. The minimum absolute atomic E-state index is 0.276. The molecule has 0 N–H and O–H groups in total. The maximum absolute atomic E-state index is 12.5. The summed E-state index contributed by atoms with van der Waals surface area (Å²) in [6.07, 6.45) is 10.4. The maximum Gasteiger partial charge on any atom is 0.164 e. The molecule has 106 valence electrons. The van der Waals surface area contributed by atoms with Gasteiger partial charge in [0.1, 0.15) is 5.60 Å². The molecular weight excluding hydrogens is 240 g/mol. The van der Waals surface area contributed by atoms with Crippen LogP contribution in [0.4, 0.5) is 0 Å². The molecule has 1 fully saturated rings. The zero-order chi connectivity index (χ0) is 13.7. The van der Waals surface area contributed by atoms with Crippen molar-refractivity contribution in [1.82, 2.24) is 9.78 Å². The third-order valence-electron chi connectivity index (χ3n) is 3.99. The fourth-order valence-electron chi connectivity index (χ4n) is 2.99. The molecule has 0 radical (unpaired) electrons. The van der Waals surface area contributed by atoms with E-state index in [1.807, 2.05) is 26.4 Å². The van der Waals surface area contributed by atoms with Crippen LogP contribution in [0.3, 0.4) is 0 Å². The van der Waals surface area contributed by atoms with Gasteiger partial charge in [0.05, 0.1) is 6.20 Å². The molecule has 0 spiro atoms. The molecule has 19 heavy (non-hydrogen) atoms. The van der Waals surface area contributed by atoms with Gasteiger partial charge in [0.25, 0.3) is 0 Å². The maximum atomic E-state index is 12.5. The number of nitrogens with zero attached hydrogens (tertiary/aromatic N) is 2. The van der Waals surface area contributed by atoms with Crippen molar-refractivity contribution in [2.45, 2.75) is 57.5 Å². The molecule has 1 aliphatic carbocycles. The molecule has 0 aliphatic heterocycles. The summed E-state index contributed by atoms with van der Waals surface area (Å²) in [6, 6.07) is 0. The Hall–Kier alpha value is -1.16. The van der Waals surface area contributed by atoms with E-state index in [-0.39, 0.29) is 5.78 Å². The van der Waals surface area contributed by atoms with Gasteiger partial charge < -0.3 is 4.74 Å². The monoisotopic (exact) mass is 264 g/mol. The third kappa shape index (κ3) is 3.44. The minimum Gasteiger partial charge on any atom is -0.368 e. The Bertz CT molecular complexity index is 414. The lowest BCUT2D eigenvalue weighted by Gasteiger charge is -2.35. The Morgan fingerprint density at radius 2 is 2.16 bits per heavy atom. The summed E-state index contributed by atoms with van der Waals surface area (Å²) in [5, 5.41) is 4.13. The van der Waals surface area contributed by atoms with Gasteiger partial charge in [-0.05, 0) is 31.7 Å². The zero-order valence-corrected chi connectivity index (χ0v) is 12.0. The molecule has 1 aliphatic rings. The predicted octanol–water partition coefficient (Wildman–Crippen LogP) is 2.66. The number of carbonyl (C=O) groups is 1. The molecular formula is C15H24N2O2. The smallest absolute Gasteiger partial charge is 0.164 e. The Morgan fingerprint density at radius 1 is 1.42 bits per heavy atom. The number of ether oxygens (including phenoxy) is 1. The number of rotatable bonds is 6. The molecule has 0 unspecified atom stereocenters. The Kier molecular flexibility index (Phi) is 4.75.